The molecule has 0 saturated carbocycles. The number of ether oxygens (including phenoxy) is 1. The lowest BCUT2D eigenvalue weighted by Crippen LogP contribution is -2.43. The summed E-state index contributed by atoms with van der Waals surface area (Å²) in [4.78, 5) is 18.7. The third-order valence-electron chi connectivity index (χ3n) is 4.25. The smallest absolute Gasteiger partial charge is 0.251 e. The maximum absolute atomic E-state index is 12.4. The van der Waals surface area contributed by atoms with Crippen molar-refractivity contribution in [3.8, 4) is 0 Å². The fourth-order valence-electron chi connectivity index (χ4n) is 3.05. The van der Waals surface area contributed by atoms with Gasteiger partial charge in [-0.3, -0.25) is 4.79 Å². The molecule has 0 unspecified atom stereocenters. The molecule has 2 atom stereocenters. The second kappa shape index (κ2) is 6.20. The predicted molar refractivity (Wildman–Crippen MR) is 77.6 cm³/mol. The van der Waals surface area contributed by atoms with Gasteiger partial charge < -0.3 is 15.4 Å². The van der Waals surface area contributed by atoms with Gasteiger partial charge in [0.25, 0.3) is 5.91 Å². The number of rotatable bonds is 3. The lowest BCUT2D eigenvalue weighted by atomic mass is 9.97. The van der Waals surface area contributed by atoms with E-state index in [4.69, 9.17) is 10.5 Å². The van der Waals surface area contributed by atoms with Gasteiger partial charge in [0.1, 0.15) is 6.10 Å². The predicted octanol–water partition coefficient (Wildman–Crippen LogP) is 1.36. The second-order valence-corrected chi connectivity index (χ2v) is 6.46. The molecule has 1 aromatic rings. The van der Waals surface area contributed by atoms with Crippen LogP contribution in [0.1, 0.15) is 36.6 Å². The van der Waals surface area contributed by atoms with Gasteiger partial charge in [-0.05, 0) is 25.7 Å². The molecule has 2 N–H and O–H groups in total. The van der Waals surface area contributed by atoms with E-state index in [1.807, 2.05) is 16.5 Å². The van der Waals surface area contributed by atoms with Gasteiger partial charge in [0.05, 0.1) is 11.1 Å². The summed E-state index contributed by atoms with van der Waals surface area (Å²) >= 11 is 1.71. The summed E-state index contributed by atoms with van der Waals surface area (Å²) in [5.41, 5.74) is 5.59. The largest absolute Gasteiger partial charge is 0.364 e. The topological polar surface area (TPSA) is 68.5 Å². The molecule has 0 spiro atoms. The van der Waals surface area contributed by atoms with Crippen molar-refractivity contribution in [1.29, 1.82) is 0 Å². The minimum atomic E-state index is -0.264. The number of likely N-dealkylation sites (tertiary alicyclic amines) is 1. The summed E-state index contributed by atoms with van der Waals surface area (Å²) in [5, 5.41) is 3.23. The number of hydrogen-bond acceptors (Lipinski definition) is 5. The summed E-state index contributed by atoms with van der Waals surface area (Å²) < 4.78 is 5.70. The molecule has 0 aromatic carbocycles. The van der Waals surface area contributed by atoms with E-state index in [0.29, 0.717) is 12.5 Å². The van der Waals surface area contributed by atoms with Crippen molar-refractivity contribution in [2.75, 3.05) is 19.6 Å². The van der Waals surface area contributed by atoms with Crippen LogP contribution in [0.25, 0.3) is 0 Å². The fourth-order valence-corrected chi connectivity index (χ4v) is 3.86. The minimum Gasteiger partial charge on any atom is -0.364 e. The van der Waals surface area contributed by atoms with Gasteiger partial charge in [0, 0.05) is 37.1 Å². The molecule has 3 rings (SSSR count). The third-order valence-corrected chi connectivity index (χ3v) is 5.19. The molecule has 2 saturated heterocycles. The Kier molecular flexibility index (Phi) is 4.33. The Labute approximate surface area is 123 Å². The molecule has 6 heteroatoms. The van der Waals surface area contributed by atoms with E-state index >= 15 is 0 Å². The van der Waals surface area contributed by atoms with Gasteiger partial charge in [-0.15, -0.1) is 11.3 Å². The van der Waals surface area contributed by atoms with Crippen molar-refractivity contribution < 1.29 is 9.53 Å². The van der Waals surface area contributed by atoms with E-state index in [-0.39, 0.29) is 18.1 Å². The number of amides is 1. The molecule has 0 bridgehead atoms. The highest BCUT2D eigenvalue weighted by Gasteiger charge is 2.34. The number of hydrogen-bond donors (Lipinski definition) is 1. The number of carbonyl (C=O) groups excluding carboxylic acids is 1. The van der Waals surface area contributed by atoms with Crippen LogP contribution in [-0.4, -0.2) is 47.6 Å². The number of nitrogens with zero attached hydrogens (tertiary/aromatic N) is 2. The Bertz CT molecular complexity index is 443. The Morgan fingerprint density at radius 1 is 1.40 bits per heavy atom. The van der Waals surface area contributed by atoms with E-state index < -0.39 is 0 Å². The Hall–Kier alpha value is -0.980. The van der Waals surface area contributed by atoms with Gasteiger partial charge >= 0.3 is 0 Å². The monoisotopic (exact) mass is 295 g/mol. The van der Waals surface area contributed by atoms with Crippen molar-refractivity contribution in [3.63, 3.8) is 0 Å². The highest BCUT2D eigenvalue weighted by Crippen LogP contribution is 2.30. The van der Waals surface area contributed by atoms with Gasteiger partial charge in [-0.2, -0.15) is 0 Å². The molecule has 5 nitrogen and oxygen atoms in total. The normalized spacial score (nSPS) is 27.9. The summed E-state index contributed by atoms with van der Waals surface area (Å²) in [6.07, 6.45) is 5.39. The van der Waals surface area contributed by atoms with Crippen molar-refractivity contribution in [2.24, 2.45) is 5.73 Å². The van der Waals surface area contributed by atoms with Gasteiger partial charge in [-0.25, -0.2) is 4.98 Å². The van der Waals surface area contributed by atoms with Crippen LogP contribution in [0.3, 0.4) is 0 Å². The zero-order valence-corrected chi connectivity index (χ0v) is 12.3. The van der Waals surface area contributed by atoms with Gasteiger partial charge in [0.15, 0.2) is 0 Å². The fraction of sp³-hybridized carbons (Fsp3) is 0.714. The summed E-state index contributed by atoms with van der Waals surface area (Å²) in [6, 6.07) is 0. The SMILES string of the molecule is NC[C@H]1CC[C@@H](C(=O)N2CCC(c3nccs3)CC2)O1. The van der Waals surface area contributed by atoms with Crippen LogP contribution in [0.4, 0.5) is 0 Å². The molecule has 1 amide bonds. The highest BCUT2D eigenvalue weighted by atomic mass is 32.1. The number of aromatic nitrogens is 1. The maximum atomic E-state index is 12.4. The first-order valence-electron chi connectivity index (χ1n) is 7.31. The molecule has 20 heavy (non-hydrogen) atoms. The molecule has 1 aromatic heterocycles. The third kappa shape index (κ3) is 2.87. The minimum absolute atomic E-state index is 0.0665. The molecule has 3 heterocycles. The summed E-state index contributed by atoms with van der Waals surface area (Å²) in [7, 11) is 0. The Balaban J connectivity index is 1.52. The molecular formula is C14H21N3O2S. The van der Waals surface area contributed by atoms with Crippen LogP contribution in [-0.2, 0) is 9.53 Å². The summed E-state index contributed by atoms with van der Waals surface area (Å²) in [5.74, 6) is 0.666. The first-order valence-corrected chi connectivity index (χ1v) is 8.19. The maximum Gasteiger partial charge on any atom is 0.251 e. The molecule has 2 aliphatic rings. The van der Waals surface area contributed by atoms with E-state index in [9.17, 15) is 4.79 Å². The Morgan fingerprint density at radius 2 is 2.20 bits per heavy atom. The van der Waals surface area contributed by atoms with Crippen LogP contribution in [0.5, 0.6) is 0 Å². The van der Waals surface area contributed by atoms with Crippen LogP contribution in [0, 0.1) is 0 Å². The molecule has 0 radical (unpaired) electrons. The number of piperidine rings is 1. The molecule has 2 fully saturated rings. The van der Waals surface area contributed by atoms with E-state index in [1.165, 1.54) is 5.01 Å². The number of thiazole rings is 1. The zero-order valence-electron chi connectivity index (χ0n) is 11.5. The highest BCUT2D eigenvalue weighted by molar-refractivity contribution is 7.09. The van der Waals surface area contributed by atoms with Crippen molar-refractivity contribution >= 4 is 17.2 Å². The average molecular weight is 295 g/mol. The van der Waals surface area contributed by atoms with Crippen LogP contribution in [0.15, 0.2) is 11.6 Å². The van der Waals surface area contributed by atoms with E-state index in [0.717, 1.165) is 38.8 Å². The van der Waals surface area contributed by atoms with Crippen molar-refractivity contribution in [2.45, 2.75) is 43.8 Å². The standard InChI is InChI=1S/C14H21N3O2S/c15-9-11-1-2-12(19-11)14(18)17-6-3-10(4-7-17)13-16-5-8-20-13/h5,8,10-12H,1-4,6-7,9,15H2/t11-,12+/m1/s1. The Morgan fingerprint density at radius 3 is 2.80 bits per heavy atom. The summed E-state index contributed by atoms with van der Waals surface area (Å²) in [6.45, 7) is 2.14. The second-order valence-electron chi connectivity index (χ2n) is 5.53. The van der Waals surface area contributed by atoms with E-state index in [2.05, 4.69) is 4.98 Å². The molecular weight excluding hydrogens is 274 g/mol. The van der Waals surface area contributed by atoms with Crippen molar-refractivity contribution in [1.82, 2.24) is 9.88 Å². The first-order chi connectivity index (χ1) is 9.78. The quantitative estimate of drug-likeness (QED) is 0.914. The lowest BCUT2D eigenvalue weighted by Gasteiger charge is -2.32. The molecule has 2 aliphatic heterocycles. The first kappa shape index (κ1) is 14.0. The zero-order chi connectivity index (χ0) is 13.9. The van der Waals surface area contributed by atoms with Gasteiger partial charge in [0.2, 0.25) is 0 Å². The van der Waals surface area contributed by atoms with Crippen LogP contribution < -0.4 is 5.73 Å². The molecule has 110 valence electrons. The van der Waals surface area contributed by atoms with Gasteiger partial charge in [-0.1, -0.05) is 0 Å². The average Bonchev–Trinajstić information content (AvgIpc) is 3.18. The van der Waals surface area contributed by atoms with E-state index in [1.54, 1.807) is 11.3 Å². The lowest BCUT2D eigenvalue weighted by molar-refractivity contribution is -0.143. The number of nitrogens with two attached hydrogens (primary N) is 1. The number of carbonyl (C=O) groups is 1. The van der Waals surface area contributed by atoms with Crippen LogP contribution in [0.2, 0.25) is 0 Å². The van der Waals surface area contributed by atoms with Crippen LogP contribution >= 0.6 is 11.3 Å². The molecule has 0 aliphatic carbocycles. The van der Waals surface area contributed by atoms with Crippen molar-refractivity contribution in [3.05, 3.63) is 16.6 Å².